The van der Waals surface area contributed by atoms with E-state index in [0.29, 0.717) is 18.1 Å². The minimum Gasteiger partial charge on any atom is -0.493 e. The Hall–Kier alpha value is -2.07. The summed E-state index contributed by atoms with van der Waals surface area (Å²) in [4.78, 5) is 12.2. The normalized spacial score (nSPS) is 16.5. The first kappa shape index (κ1) is 14.9. The summed E-state index contributed by atoms with van der Waals surface area (Å²) in [7, 11) is 0. The van der Waals surface area contributed by atoms with E-state index in [1.807, 2.05) is 12.1 Å². The van der Waals surface area contributed by atoms with E-state index in [1.165, 1.54) is 12.1 Å². The first-order chi connectivity index (χ1) is 10.6. The molecule has 0 spiro atoms. The van der Waals surface area contributed by atoms with Crippen LogP contribution in [-0.2, 0) is 11.2 Å². The molecule has 1 amide bonds. The molecule has 0 aliphatic carbocycles. The first-order valence-electron chi connectivity index (χ1n) is 7.08. The number of hydrogen-bond donors (Lipinski definition) is 1. The third-order valence-corrected chi connectivity index (χ3v) is 3.86. The van der Waals surface area contributed by atoms with Crippen molar-refractivity contribution in [3.05, 3.63) is 64.4 Å². The molecule has 114 valence electrons. The highest BCUT2D eigenvalue weighted by Crippen LogP contribution is 2.33. The Kier molecular flexibility index (Phi) is 4.29. The molecular formula is C17H15ClFNO2. The van der Waals surface area contributed by atoms with Gasteiger partial charge in [0.1, 0.15) is 11.6 Å². The summed E-state index contributed by atoms with van der Waals surface area (Å²) in [6.45, 7) is 0.552. The van der Waals surface area contributed by atoms with Crippen LogP contribution in [0.4, 0.5) is 4.39 Å². The fraction of sp³-hybridized carbons (Fsp3) is 0.235. The van der Waals surface area contributed by atoms with Crippen molar-refractivity contribution in [2.24, 2.45) is 0 Å². The zero-order valence-electron chi connectivity index (χ0n) is 11.8. The monoisotopic (exact) mass is 319 g/mol. The molecule has 5 heteroatoms. The van der Waals surface area contributed by atoms with Gasteiger partial charge in [-0.2, -0.15) is 0 Å². The maximum Gasteiger partial charge on any atom is 0.224 e. The van der Waals surface area contributed by atoms with Crippen LogP contribution < -0.4 is 10.1 Å². The van der Waals surface area contributed by atoms with E-state index < -0.39 is 0 Å². The molecule has 1 heterocycles. The predicted molar refractivity (Wildman–Crippen MR) is 82.6 cm³/mol. The lowest BCUT2D eigenvalue weighted by molar-refractivity contribution is -0.121. The Bertz CT molecular complexity index is 688. The topological polar surface area (TPSA) is 38.3 Å². The van der Waals surface area contributed by atoms with E-state index in [2.05, 4.69) is 5.32 Å². The van der Waals surface area contributed by atoms with E-state index in [4.69, 9.17) is 16.3 Å². The lowest BCUT2D eigenvalue weighted by atomic mass is 10.00. The largest absolute Gasteiger partial charge is 0.493 e. The van der Waals surface area contributed by atoms with Gasteiger partial charge in [0.05, 0.1) is 19.1 Å². The summed E-state index contributed by atoms with van der Waals surface area (Å²) in [6.07, 6.45) is 0.913. The number of benzene rings is 2. The Morgan fingerprint density at radius 3 is 2.82 bits per heavy atom. The number of rotatable bonds is 3. The molecule has 1 N–H and O–H groups in total. The zero-order chi connectivity index (χ0) is 15.5. The highest BCUT2D eigenvalue weighted by Gasteiger charge is 2.23. The number of halogens is 2. The molecule has 0 fully saturated rings. The van der Waals surface area contributed by atoms with Gasteiger partial charge in [-0.05, 0) is 35.9 Å². The first-order valence-corrected chi connectivity index (χ1v) is 7.45. The molecule has 1 aliphatic rings. The van der Waals surface area contributed by atoms with Gasteiger partial charge in [0, 0.05) is 17.0 Å². The second kappa shape index (κ2) is 6.36. The number of carbonyl (C=O) groups excluding carboxylic acids is 1. The van der Waals surface area contributed by atoms with Gasteiger partial charge >= 0.3 is 0 Å². The zero-order valence-corrected chi connectivity index (χ0v) is 12.6. The molecule has 1 aliphatic heterocycles. The second-order valence-electron chi connectivity index (χ2n) is 5.24. The summed E-state index contributed by atoms with van der Waals surface area (Å²) in [6, 6.07) is 11.2. The van der Waals surface area contributed by atoms with Crippen LogP contribution in [0.1, 0.15) is 23.6 Å². The summed E-state index contributed by atoms with van der Waals surface area (Å²) >= 11 is 6.02. The average Bonchev–Trinajstić information content (AvgIpc) is 2.50. The summed E-state index contributed by atoms with van der Waals surface area (Å²) in [5, 5.41) is 3.61. The molecule has 3 nitrogen and oxygen atoms in total. The van der Waals surface area contributed by atoms with E-state index in [-0.39, 0.29) is 24.2 Å². The number of nitrogens with one attached hydrogen (secondary N) is 1. The van der Waals surface area contributed by atoms with Crippen molar-refractivity contribution in [1.82, 2.24) is 5.32 Å². The van der Waals surface area contributed by atoms with Gasteiger partial charge in [-0.1, -0.05) is 23.7 Å². The van der Waals surface area contributed by atoms with Crippen molar-refractivity contribution >= 4 is 17.5 Å². The molecule has 0 radical (unpaired) electrons. The van der Waals surface area contributed by atoms with Gasteiger partial charge < -0.3 is 10.1 Å². The van der Waals surface area contributed by atoms with Crippen LogP contribution in [0, 0.1) is 5.82 Å². The Labute approximate surface area is 133 Å². The molecule has 0 saturated carbocycles. The minimum absolute atomic E-state index is 0.107. The van der Waals surface area contributed by atoms with Crippen LogP contribution in [-0.4, -0.2) is 12.5 Å². The number of ether oxygens (including phenoxy) is 1. The maximum absolute atomic E-state index is 12.9. The van der Waals surface area contributed by atoms with Gasteiger partial charge in [0.2, 0.25) is 5.91 Å². The minimum atomic E-state index is -0.308. The Balaban J connectivity index is 1.70. The molecule has 2 aromatic rings. The molecule has 1 unspecified atom stereocenters. The molecular weight excluding hydrogens is 305 g/mol. The van der Waals surface area contributed by atoms with E-state index in [9.17, 15) is 9.18 Å². The highest BCUT2D eigenvalue weighted by molar-refractivity contribution is 6.30. The van der Waals surface area contributed by atoms with Gasteiger partial charge in [-0.15, -0.1) is 0 Å². The SMILES string of the molecule is O=C(Cc1ccc(F)cc1)NC1CCOc2ccc(Cl)cc21. The lowest BCUT2D eigenvalue weighted by Gasteiger charge is -2.27. The molecule has 1 atom stereocenters. The van der Waals surface area contributed by atoms with Gasteiger partial charge in [0.25, 0.3) is 0 Å². The summed E-state index contributed by atoms with van der Waals surface area (Å²) in [5.41, 5.74) is 1.67. The number of amides is 1. The molecule has 0 bridgehead atoms. The van der Waals surface area contributed by atoms with Crippen molar-refractivity contribution in [1.29, 1.82) is 0 Å². The highest BCUT2D eigenvalue weighted by atomic mass is 35.5. The van der Waals surface area contributed by atoms with Crippen LogP contribution in [0.5, 0.6) is 5.75 Å². The Morgan fingerprint density at radius 1 is 1.27 bits per heavy atom. The van der Waals surface area contributed by atoms with Crippen LogP contribution in [0.2, 0.25) is 5.02 Å². The number of hydrogen-bond acceptors (Lipinski definition) is 2. The Morgan fingerprint density at radius 2 is 2.05 bits per heavy atom. The third-order valence-electron chi connectivity index (χ3n) is 3.62. The fourth-order valence-electron chi connectivity index (χ4n) is 2.55. The van der Waals surface area contributed by atoms with Crippen molar-refractivity contribution in [2.45, 2.75) is 18.9 Å². The number of carbonyl (C=O) groups is 1. The quantitative estimate of drug-likeness (QED) is 0.937. The lowest BCUT2D eigenvalue weighted by Crippen LogP contribution is -2.33. The van der Waals surface area contributed by atoms with Crippen LogP contribution in [0.25, 0.3) is 0 Å². The third kappa shape index (κ3) is 3.39. The molecule has 0 aromatic heterocycles. The van der Waals surface area contributed by atoms with Crippen LogP contribution in [0.15, 0.2) is 42.5 Å². The van der Waals surface area contributed by atoms with E-state index in [1.54, 1.807) is 18.2 Å². The van der Waals surface area contributed by atoms with E-state index in [0.717, 1.165) is 16.9 Å². The molecule has 2 aromatic carbocycles. The molecule has 22 heavy (non-hydrogen) atoms. The van der Waals surface area contributed by atoms with Gasteiger partial charge in [-0.3, -0.25) is 4.79 Å². The fourth-order valence-corrected chi connectivity index (χ4v) is 2.73. The smallest absolute Gasteiger partial charge is 0.224 e. The van der Waals surface area contributed by atoms with Crippen molar-refractivity contribution in [3.63, 3.8) is 0 Å². The maximum atomic E-state index is 12.9. The predicted octanol–water partition coefficient (Wildman–Crippen LogP) is 3.66. The molecule has 3 rings (SSSR count). The molecule has 0 saturated heterocycles. The average molecular weight is 320 g/mol. The van der Waals surface area contributed by atoms with E-state index >= 15 is 0 Å². The summed E-state index contributed by atoms with van der Waals surface area (Å²) in [5.74, 6) is 0.337. The van der Waals surface area contributed by atoms with Crippen LogP contribution >= 0.6 is 11.6 Å². The second-order valence-corrected chi connectivity index (χ2v) is 5.68. The van der Waals surface area contributed by atoms with Crippen molar-refractivity contribution in [2.75, 3.05) is 6.61 Å². The van der Waals surface area contributed by atoms with Gasteiger partial charge in [-0.25, -0.2) is 4.39 Å². The van der Waals surface area contributed by atoms with Crippen molar-refractivity contribution < 1.29 is 13.9 Å². The van der Waals surface area contributed by atoms with Crippen molar-refractivity contribution in [3.8, 4) is 5.75 Å². The van der Waals surface area contributed by atoms with Gasteiger partial charge in [0.15, 0.2) is 0 Å². The summed E-state index contributed by atoms with van der Waals surface area (Å²) < 4.78 is 18.4. The standard InChI is InChI=1S/C17H15ClFNO2/c18-12-3-6-16-14(10-12)15(7-8-22-16)20-17(21)9-11-1-4-13(19)5-2-11/h1-6,10,15H,7-9H2,(H,20,21). The van der Waals surface area contributed by atoms with Crippen LogP contribution in [0.3, 0.4) is 0 Å². The number of fused-ring (bicyclic) bond motifs is 1.